The van der Waals surface area contributed by atoms with Crippen LogP contribution in [0.2, 0.25) is 5.02 Å². The molecule has 0 saturated carbocycles. The first-order valence-electron chi connectivity index (χ1n) is 7.66. The van der Waals surface area contributed by atoms with Gasteiger partial charge in [-0.2, -0.15) is 0 Å². The Morgan fingerprint density at radius 1 is 1.22 bits per heavy atom. The van der Waals surface area contributed by atoms with Crippen LogP contribution in [0.5, 0.6) is 5.75 Å². The summed E-state index contributed by atoms with van der Waals surface area (Å²) in [5, 5.41) is 11.4. The van der Waals surface area contributed by atoms with Gasteiger partial charge in [0.1, 0.15) is 11.5 Å². The molecular formula is C18H16ClF3N2O3. The topological polar surface area (TPSA) is 71.4 Å². The van der Waals surface area contributed by atoms with Crippen molar-refractivity contribution >= 4 is 29.0 Å². The molecule has 0 bridgehead atoms. The summed E-state index contributed by atoms with van der Waals surface area (Å²) in [6, 6.07) is 8.50. The highest BCUT2D eigenvalue weighted by Crippen LogP contribution is 2.29. The molecule has 2 aromatic carbocycles. The summed E-state index contributed by atoms with van der Waals surface area (Å²) in [6.07, 6.45) is -4.86. The van der Waals surface area contributed by atoms with E-state index in [0.717, 1.165) is 30.4 Å². The molecule has 2 rings (SSSR count). The predicted octanol–water partition coefficient (Wildman–Crippen LogP) is 4.70. The van der Waals surface area contributed by atoms with Gasteiger partial charge in [-0.05, 0) is 42.3 Å². The van der Waals surface area contributed by atoms with Crippen LogP contribution in [-0.4, -0.2) is 25.2 Å². The summed E-state index contributed by atoms with van der Waals surface area (Å²) >= 11 is 5.91. The first kappa shape index (κ1) is 20.6. The third-order valence-corrected chi connectivity index (χ3v) is 3.89. The van der Waals surface area contributed by atoms with Gasteiger partial charge in [-0.15, -0.1) is 13.2 Å². The van der Waals surface area contributed by atoms with Crippen molar-refractivity contribution in [2.45, 2.75) is 19.8 Å². The Labute approximate surface area is 158 Å². The van der Waals surface area contributed by atoms with E-state index in [-0.39, 0.29) is 17.8 Å². The second-order valence-corrected chi connectivity index (χ2v) is 5.98. The van der Waals surface area contributed by atoms with Crippen LogP contribution in [0.3, 0.4) is 0 Å². The molecule has 0 spiro atoms. The fourth-order valence-corrected chi connectivity index (χ4v) is 2.57. The number of esters is 1. The van der Waals surface area contributed by atoms with E-state index in [0.29, 0.717) is 5.02 Å². The van der Waals surface area contributed by atoms with Crippen molar-refractivity contribution in [3.8, 4) is 5.75 Å². The van der Waals surface area contributed by atoms with Crippen LogP contribution in [0, 0.1) is 12.3 Å². The molecular weight excluding hydrogens is 385 g/mol. The lowest BCUT2D eigenvalue weighted by Crippen LogP contribution is -2.19. The first-order chi connectivity index (χ1) is 12.6. The molecule has 0 unspecified atom stereocenters. The van der Waals surface area contributed by atoms with Crippen molar-refractivity contribution in [1.29, 1.82) is 5.41 Å². The van der Waals surface area contributed by atoms with Gasteiger partial charge in [0.15, 0.2) is 0 Å². The normalized spacial score (nSPS) is 11.0. The van der Waals surface area contributed by atoms with Gasteiger partial charge in [0, 0.05) is 28.9 Å². The minimum Gasteiger partial charge on any atom is -0.464 e. The van der Waals surface area contributed by atoms with Gasteiger partial charge in [-0.3, -0.25) is 5.41 Å². The SMILES string of the molecule is COC(=O)C(=N)c1ccc(OC(F)(F)F)cc1NCc1ccc(Cl)cc1C. The lowest BCUT2D eigenvalue weighted by Gasteiger charge is -2.16. The number of alkyl halides is 3. The fraction of sp³-hybridized carbons (Fsp3) is 0.222. The van der Waals surface area contributed by atoms with Crippen LogP contribution in [0.15, 0.2) is 36.4 Å². The Balaban J connectivity index is 2.35. The molecule has 0 aromatic heterocycles. The third-order valence-electron chi connectivity index (χ3n) is 3.66. The number of hydrogen-bond acceptors (Lipinski definition) is 5. The minimum absolute atomic E-state index is 0.0861. The Morgan fingerprint density at radius 2 is 1.93 bits per heavy atom. The fourth-order valence-electron chi connectivity index (χ4n) is 2.34. The molecule has 5 nitrogen and oxygen atoms in total. The van der Waals surface area contributed by atoms with Crippen molar-refractivity contribution in [1.82, 2.24) is 0 Å². The molecule has 0 aliphatic rings. The van der Waals surface area contributed by atoms with Crippen LogP contribution in [0.1, 0.15) is 16.7 Å². The van der Waals surface area contributed by atoms with Gasteiger partial charge in [0.05, 0.1) is 7.11 Å². The van der Waals surface area contributed by atoms with Crippen molar-refractivity contribution in [2.75, 3.05) is 12.4 Å². The average molecular weight is 401 g/mol. The molecule has 2 N–H and O–H groups in total. The molecule has 0 saturated heterocycles. The largest absolute Gasteiger partial charge is 0.573 e. The maximum Gasteiger partial charge on any atom is 0.573 e. The number of nitrogens with one attached hydrogen (secondary N) is 2. The molecule has 144 valence electrons. The average Bonchev–Trinajstić information content (AvgIpc) is 2.58. The zero-order valence-electron chi connectivity index (χ0n) is 14.4. The van der Waals surface area contributed by atoms with E-state index >= 15 is 0 Å². The van der Waals surface area contributed by atoms with Crippen molar-refractivity contribution in [3.05, 3.63) is 58.1 Å². The monoisotopic (exact) mass is 400 g/mol. The Hall–Kier alpha value is -2.74. The number of ether oxygens (including phenoxy) is 2. The first-order valence-corrected chi connectivity index (χ1v) is 8.04. The number of benzene rings is 2. The van der Waals surface area contributed by atoms with Gasteiger partial charge < -0.3 is 14.8 Å². The minimum atomic E-state index is -4.86. The molecule has 2 aromatic rings. The van der Waals surface area contributed by atoms with Gasteiger partial charge >= 0.3 is 12.3 Å². The molecule has 0 aliphatic heterocycles. The van der Waals surface area contributed by atoms with Gasteiger partial charge in [0.25, 0.3) is 0 Å². The Bertz CT molecular complexity index is 869. The summed E-state index contributed by atoms with van der Waals surface area (Å²) in [6.45, 7) is 2.07. The van der Waals surface area contributed by atoms with E-state index in [1.54, 1.807) is 18.2 Å². The van der Waals surface area contributed by atoms with Crippen LogP contribution in [0.4, 0.5) is 18.9 Å². The van der Waals surface area contributed by atoms with Crippen LogP contribution in [0.25, 0.3) is 0 Å². The van der Waals surface area contributed by atoms with Gasteiger partial charge in [-0.25, -0.2) is 4.79 Å². The highest BCUT2D eigenvalue weighted by Gasteiger charge is 2.31. The number of halogens is 4. The number of rotatable bonds is 6. The number of carbonyl (C=O) groups is 1. The molecule has 0 heterocycles. The highest BCUT2D eigenvalue weighted by atomic mass is 35.5. The molecule has 0 aliphatic carbocycles. The predicted molar refractivity (Wildman–Crippen MR) is 95.5 cm³/mol. The van der Waals surface area contributed by atoms with Crippen molar-refractivity contribution in [3.63, 3.8) is 0 Å². The number of methoxy groups -OCH3 is 1. The summed E-state index contributed by atoms with van der Waals surface area (Å²) in [5.74, 6) is -1.38. The van der Waals surface area contributed by atoms with Crippen molar-refractivity contribution in [2.24, 2.45) is 0 Å². The zero-order chi connectivity index (χ0) is 20.2. The molecule has 0 fully saturated rings. The second-order valence-electron chi connectivity index (χ2n) is 5.55. The van der Waals surface area contributed by atoms with E-state index in [1.165, 1.54) is 6.07 Å². The molecule has 0 amide bonds. The number of anilines is 1. The Kier molecular flexibility index (Phi) is 6.32. The van der Waals surface area contributed by atoms with E-state index < -0.39 is 23.8 Å². The quantitative estimate of drug-likeness (QED) is 0.544. The summed E-state index contributed by atoms with van der Waals surface area (Å²) in [4.78, 5) is 11.6. The van der Waals surface area contributed by atoms with Crippen molar-refractivity contribution < 1.29 is 27.4 Å². The number of hydrogen-bond donors (Lipinski definition) is 2. The summed E-state index contributed by atoms with van der Waals surface area (Å²) in [5.41, 5.74) is 1.44. The van der Waals surface area contributed by atoms with E-state index in [4.69, 9.17) is 17.0 Å². The van der Waals surface area contributed by atoms with E-state index in [1.807, 2.05) is 6.92 Å². The maximum atomic E-state index is 12.5. The van der Waals surface area contributed by atoms with Gasteiger partial charge in [0.2, 0.25) is 0 Å². The van der Waals surface area contributed by atoms with Gasteiger partial charge in [-0.1, -0.05) is 17.7 Å². The van der Waals surface area contributed by atoms with E-state index in [9.17, 15) is 18.0 Å². The standard InChI is InChI=1S/C18H16ClF3N2O3/c1-10-7-12(19)4-3-11(10)9-24-15-8-13(27-18(20,21)22)5-6-14(15)16(23)17(25)26-2/h3-8,23-24H,9H2,1-2H3. The molecule has 9 heteroatoms. The smallest absolute Gasteiger partial charge is 0.464 e. The molecule has 0 radical (unpaired) electrons. The van der Waals surface area contributed by atoms with E-state index in [2.05, 4.69) is 14.8 Å². The highest BCUT2D eigenvalue weighted by molar-refractivity contribution is 6.43. The zero-order valence-corrected chi connectivity index (χ0v) is 15.2. The summed E-state index contributed by atoms with van der Waals surface area (Å²) < 4.78 is 45.9. The van der Waals surface area contributed by atoms with Crippen LogP contribution < -0.4 is 10.1 Å². The Morgan fingerprint density at radius 3 is 2.52 bits per heavy atom. The third kappa shape index (κ3) is 5.62. The van der Waals surface area contributed by atoms with Crippen LogP contribution in [-0.2, 0) is 16.1 Å². The van der Waals surface area contributed by atoms with Crippen LogP contribution >= 0.6 is 11.6 Å². The summed E-state index contributed by atoms with van der Waals surface area (Å²) in [7, 11) is 1.11. The lowest BCUT2D eigenvalue weighted by molar-refractivity contribution is -0.274. The maximum absolute atomic E-state index is 12.5. The lowest BCUT2D eigenvalue weighted by atomic mass is 10.1. The number of aryl methyl sites for hydroxylation is 1. The molecule has 27 heavy (non-hydrogen) atoms. The molecule has 0 atom stereocenters. The number of carbonyl (C=O) groups excluding carboxylic acids is 1. The second kappa shape index (κ2) is 8.30.